The van der Waals surface area contributed by atoms with E-state index in [1.54, 1.807) is 6.07 Å². The number of unbranched alkanes of at least 4 members (excludes halogenated alkanes) is 1. The molecule has 0 aromatic heterocycles. The first-order valence-corrected chi connectivity index (χ1v) is 7.28. The van der Waals surface area contributed by atoms with Crippen molar-refractivity contribution in [2.45, 2.75) is 52.0 Å². The smallest absolute Gasteiger partial charge is 0.146 e. The van der Waals surface area contributed by atoms with Crippen LogP contribution in [0.2, 0.25) is 0 Å². The van der Waals surface area contributed by atoms with Gasteiger partial charge >= 0.3 is 0 Å². The fourth-order valence-corrected chi connectivity index (χ4v) is 2.16. The average Bonchev–Trinajstić information content (AvgIpc) is 2.39. The maximum atomic E-state index is 14.1. The molecule has 0 amide bonds. The van der Waals surface area contributed by atoms with Crippen LogP contribution in [0.25, 0.3) is 0 Å². The zero-order valence-corrected chi connectivity index (χ0v) is 12.3. The van der Waals surface area contributed by atoms with Crippen molar-refractivity contribution in [1.82, 2.24) is 0 Å². The molecule has 0 fully saturated rings. The lowest BCUT2D eigenvalue weighted by molar-refractivity contribution is 0.564. The van der Waals surface area contributed by atoms with Crippen molar-refractivity contribution in [2.24, 2.45) is 0 Å². The summed E-state index contributed by atoms with van der Waals surface area (Å²) in [6, 6.07) is 5.67. The Labute approximate surface area is 115 Å². The number of hydrogen-bond donors (Lipinski definition) is 0. The van der Waals surface area contributed by atoms with E-state index in [1.165, 1.54) is 0 Å². The maximum Gasteiger partial charge on any atom is 0.146 e. The lowest BCUT2D eigenvalue weighted by atomic mass is 10.1. The molecule has 0 saturated carbocycles. The van der Waals surface area contributed by atoms with Crippen LogP contribution in [0.4, 0.5) is 10.1 Å². The van der Waals surface area contributed by atoms with Crippen LogP contribution in [-0.2, 0) is 5.88 Å². The molecule has 0 spiro atoms. The van der Waals surface area contributed by atoms with Crippen LogP contribution in [0.15, 0.2) is 18.2 Å². The lowest BCUT2D eigenvalue weighted by Gasteiger charge is -2.31. The Balaban J connectivity index is 2.96. The van der Waals surface area contributed by atoms with E-state index >= 15 is 0 Å². The van der Waals surface area contributed by atoms with Crippen molar-refractivity contribution in [2.75, 3.05) is 11.4 Å². The fourth-order valence-electron chi connectivity index (χ4n) is 1.99. The summed E-state index contributed by atoms with van der Waals surface area (Å²) < 4.78 is 14.1. The number of halogens is 2. The molecule has 0 aliphatic heterocycles. The predicted octanol–water partition coefficient (Wildman–Crippen LogP) is 4.97. The Hall–Kier alpha value is -0.760. The average molecular weight is 272 g/mol. The molecule has 1 atom stereocenters. The number of hydrogen-bond acceptors (Lipinski definition) is 1. The van der Waals surface area contributed by atoms with Crippen molar-refractivity contribution in [3.05, 3.63) is 29.6 Å². The van der Waals surface area contributed by atoms with Gasteiger partial charge < -0.3 is 4.90 Å². The van der Waals surface area contributed by atoms with Gasteiger partial charge in [0.25, 0.3) is 0 Å². The van der Waals surface area contributed by atoms with Gasteiger partial charge in [0.2, 0.25) is 0 Å². The molecule has 3 heteroatoms. The van der Waals surface area contributed by atoms with Gasteiger partial charge in [0.1, 0.15) is 5.82 Å². The Bertz CT molecular complexity index is 368. The molecular weight excluding hydrogens is 249 g/mol. The van der Waals surface area contributed by atoms with Gasteiger partial charge in [0, 0.05) is 18.5 Å². The normalized spacial score (nSPS) is 12.5. The van der Waals surface area contributed by atoms with E-state index in [2.05, 4.69) is 25.7 Å². The van der Waals surface area contributed by atoms with Crippen LogP contribution in [0, 0.1) is 5.82 Å². The minimum absolute atomic E-state index is 0.162. The van der Waals surface area contributed by atoms with Crippen LogP contribution >= 0.6 is 11.6 Å². The van der Waals surface area contributed by atoms with Gasteiger partial charge in [-0.3, -0.25) is 0 Å². The zero-order valence-electron chi connectivity index (χ0n) is 11.5. The number of rotatable bonds is 7. The molecule has 0 aliphatic rings. The third-order valence-corrected chi connectivity index (χ3v) is 3.66. The van der Waals surface area contributed by atoms with Gasteiger partial charge in [0.15, 0.2) is 0 Å². The molecule has 0 bridgehead atoms. The molecular formula is C15H23ClFN. The number of alkyl halides is 1. The second kappa shape index (κ2) is 7.63. The Kier molecular flexibility index (Phi) is 6.48. The van der Waals surface area contributed by atoms with Crippen molar-refractivity contribution in [1.29, 1.82) is 0 Å². The summed E-state index contributed by atoms with van der Waals surface area (Å²) in [5.41, 5.74) is 1.53. The van der Waals surface area contributed by atoms with Gasteiger partial charge in [0.05, 0.1) is 5.69 Å². The molecule has 18 heavy (non-hydrogen) atoms. The van der Waals surface area contributed by atoms with Crippen LogP contribution in [-0.4, -0.2) is 12.6 Å². The second-order valence-corrected chi connectivity index (χ2v) is 4.99. The topological polar surface area (TPSA) is 3.24 Å². The van der Waals surface area contributed by atoms with Crippen molar-refractivity contribution in [3.63, 3.8) is 0 Å². The van der Waals surface area contributed by atoms with E-state index < -0.39 is 0 Å². The van der Waals surface area contributed by atoms with E-state index in [-0.39, 0.29) is 5.82 Å². The minimum Gasteiger partial charge on any atom is -0.366 e. The summed E-state index contributed by atoms with van der Waals surface area (Å²) in [6.45, 7) is 7.34. The third-order valence-electron chi connectivity index (χ3n) is 3.35. The Morgan fingerprint density at radius 1 is 1.33 bits per heavy atom. The summed E-state index contributed by atoms with van der Waals surface area (Å²) in [4.78, 5) is 2.16. The molecule has 102 valence electrons. The van der Waals surface area contributed by atoms with Gasteiger partial charge in [-0.1, -0.05) is 26.3 Å². The van der Waals surface area contributed by atoms with Gasteiger partial charge in [-0.15, -0.1) is 11.6 Å². The number of nitrogens with zero attached hydrogens (tertiary/aromatic N) is 1. The first-order valence-electron chi connectivity index (χ1n) is 6.75. The van der Waals surface area contributed by atoms with Crippen molar-refractivity contribution >= 4 is 17.3 Å². The Morgan fingerprint density at radius 2 is 2.06 bits per heavy atom. The molecule has 1 aromatic carbocycles. The summed E-state index contributed by atoms with van der Waals surface area (Å²) in [5, 5.41) is 0. The summed E-state index contributed by atoms with van der Waals surface area (Å²) in [5.74, 6) is 0.194. The SMILES string of the molecule is CCCCN(c1ccc(CCl)cc1F)C(C)CC. The molecule has 1 nitrogen and oxygen atoms in total. The molecule has 0 N–H and O–H groups in total. The lowest BCUT2D eigenvalue weighted by Crippen LogP contribution is -2.34. The van der Waals surface area contributed by atoms with E-state index in [4.69, 9.17) is 11.6 Å². The quantitative estimate of drug-likeness (QED) is 0.633. The maximum absolute atomic E-state index is 14.1. The van der Waals surface area contributed by atoms with Crippen LogP contribution in [0.3, 0.4) is 0 Å². The Morgan fingerprint density at radius 3 is 2.56 bits per heavy atom. The summed E-state index contributed by atoms with van der Waals surface area (Å²) in [7, 11) is 0. The van der Waals surface area contributed by atoms with Gasteiger partial charge in [-0.25, -0.2) is 4.39 Å². The van der Waals surface area contributed by atoms with Crippen LogP contribution < -0.4 is 4.90 Å². The molecule has 0 aliphatic carbocycles. The van der Waals surface area contributed by atoms with Gasteiger partial charge in [-0.2, -0.15) is 0 Å². The third kappa shape index (κ3) is 3.88. The molecule has 0 saturated heterocycles. The molecule has 0 heterocycles. The highest BCUT2D eigenvalue weighted by atomic mass is 35.5. The zero-order chi connectivity index (χ0) is 13.5. The molecule has 0 radical (unpaired) electrons. The predicted molar refractivity (Wildman–Crippen MR) is 78.0 cm³/mol. The summed E-state index contributed by atoms with van der Waals surface area (Å²) in [6.07, 6.45) is 3.22. The van der Waals surface area contributed by atoms with Gasteiger partial charge in [-0.05, 0) is 37.5 Å². The van der Waals surface area contributed by atoms with Crippen molar-refractivity contribution < 1.29 is 4.39 Å². The fraction of sp³-hybridized carbons (Fsp3) is 0.600. The molecule has 1 rings (SSSR count). The van der Waals surface area contributed by atoms with E-state index in [0.29, 0.717) is 17.6 Å². The second-order valence-electron chi connectivity index (χ2n) is 4.72. The number of benzene rings is 1. The van der Waals surface area contributed by atoms with Crippen LogP contribution in [0.5, 0.6) is 0 Å². The van der Waals surface area contributed by atoms with Crippen molar-refractivity contribution in [3.8, 4) is 0 Å². The monoisotopic (exact) mass is 271 g/mol. The van der Waals surface area contributed by atoms with Crippen LogP contribution in [0.1, 0.15) is 45.6 Å². The highest BCUT2D eigenvalue weighted by molar-refractivity contribution is 6.17. The first-order chi connectivity index (χ1) is 8.63. The highest BCUT2D eigenvalue weighted by Crippen LogP contribution is 2.24. The minimum atomic E-state index is -0.162. The molecule has 1 unspecified atom stereocenters. The molecule has 1 aromatic rings. The first kappa shape index (κ1) is 15.3. The number of anilines is 1. The standard InChI is InChI=1S/C15H23ClFN/c1-4-6-9-18(12(3)5-2)15-8-7-13(11-16)10-14(15)17/h7-8,10,12H,4-6,9,11H2,1-3H3. The summed E-state index contributed by atoms with van der Waals surface area (Å²) >= 11 is 5.72. The largest absolute Gasteiger partial charge is 0.366 e. The van der Waals surface area contributed by atoms with E-state index in [1.807, 2.05) is 12.1 Å². The highest BCUT2D eigenvalue weighted by Gasteiger charge is 2.16. The van der Waals surface area contributed by atoms with E-state index in [0.717, 1.165) is 31.4 Å². The van der Waals surface area contributed by atoms with E-state index in [9.17, 15) is 4.39 Å².